The molecule has 6 nitrogen and oxygen atoms in total. The van der Waals surface area contributed by atoms with Gasteiger partial charge in [-0.15, -0.1) is 11.8 Å². The van der Waals surface area contributed by atoms with E-state index in [1.165, 1.54) is 24.8 Å². The summed E-state index contributed by atoms with van der Waals surface area (Å²) in [7, 11) is -2.19. The first-order valence-electron chi connectivity index (χ1n) is 10.2. The number of anilines is 2. The Hall–Kier alpha value is -2.97. The second kappa shape index (κ2) is 9.26. The molecule has 1 aliphatic rings. The smallest absolute Gasteiger partial charge is 0.261 e. The quantitative estimate of drug-likeness (QED) is 0.537. The van der Waals surface area contributed by atoms with Crippen molar-refractivity contribution in [1.29, 1.82) is 0 Å². The highest BCUT2D eigenvalue weighted by Crippen LogP contribution is 2.42. The number of hydrogen-bond acceptors (Lipinski definition) is 5. The molecule has 1 fully saturated rings. The molecule has 166 valence electrons. The van der Waals surface area contributed by atoms with E-state index >= 15 is 0 Å². The van der Waals surface area contributed by atoms with E-state index in [1.807, 2.05) is 36.4 Å². The molecule has 0 unspecified atom stereocenters. The van der Waals surface area contributed by atoms with Crippen LogP contribution >= 0.6 is 11.8 Å². The Balaban J connectivity index is 1.52. The van der Waals surface area contributed by atoms with Crippen molar-refractivity contribution >= 4 is 39.1 Å². The van der Waals surface area contributed by atoms with Crippen molar-refractivity contribution in [2.75, 3.05) is 22.5 Å². The van der Waals surface area contributed by atoms with Crippen LogP contribution in [-0.4, -0.2) is 27.2 Å². The van der Waals surface area contributed by atoms with E-state index in [-0.39, 0.29) is 16.2 Å². The zero-order valence-corrected chi connectivity index (χ0v) is 19.4. The van der Waals surface area contributed by atoms with Crippen molar-refractivity contribution in [2.24, 2.45) is 0 Å². The van der Waals surface area contributed by atoms with E-state index < -0.39 is 10.0 Å². The summed E-state index contributed by atoms with van der Waals surface area (Å²) in [4.78, 5) is 14.5. The average Bonchev–Trinajstić information content (AvgIpc) is 3.20. The Kier molecular flexibility index (Phi) is 6.43. The van der Waals surface area contributed by atoms with Crippen LogP contribution in [-0.2, 0) is 21.2 Å². The number of hydrogen-bond donors (Lipinski definition) is 1. The maximum atomic E-state index is 12.7. The van der Waals surface area contributed by atoms with Crippen molar-refractivity contribution in [3.63, 3.8) is 0 Å². The molecule has 8 heteroatoms. The minimum atomic E-state index is -3.71. The molecule has 1 N–H and O–H groups in total. The highest BCUT2D eigenvalue weighted by molar-refractivity contribution is 8.00. The second-order valence-electron chi connectivity index (χ2n) is 7.35. The summed E-state index contributed by atoms with van der Waals surface area (Å²) in [6.45, 7) is 2.10. The first-order valence-corrected chi connectivity index (χ1v) is 12.7. The minimum absolute atomic E-state index is 0.0635. The van der Waals surface area contributed by atoms with Gasteiger partial charge in [0.25, 0.3) is 10.0 Å². The van der Waals surface area contributed by atoms with E-state index in [9.17, 15) is 13.2 Å². The van der Waals surface area contributed by atoms with Crippen LogP contribution in [0.15, 0.2) is 77.7 Å². The van der Waals surface area contributed by atoms with E-state index in [2.05, 4.69) is 11.6 Å². The molecule has 3 aromatic carbocycles. The van der Waals surface area contributed by atoms with Gasteiger partial charge in [-0.25, -0.2) is 8.42 Å². The van der Waals surface area contributed by atoms with Gasteiger partial charge in [0.1, 0.15) is 11.1 Å². The van der Waals surface area contributed by atoms with Crippen molar-refractivity contribution < 1.29 is 17.9 Å². The Bertz CT molecular complexity index is 1190. The maximum Gasteiger partial charge on any atom is 0.261 e. The Morgan fingerprint density at radius 2 is 1.66 bits per heavy atom. The third-order valence-electron chi connectivity index (χ3n) is 5.31. The summed E-state index contributed by atoms with van der Waals surface area (Å²) < 4.78 is 33.0. The van der Waals surface area contributed by atoms with Crippen LogP contribution in [0, 0.1) is 0 Å². The van der Waals surface area contributed by atoms with Gasteiger partial charge in [0.2, 0.25) is 5.91 Å². The predicted octanol–water partition coefficient (Wildman–Crippen LogP) is 4.84. The van der Waals surface area contributed by atoms with E-state index in [1.54, 1.807) is 40.9 Å². The summed E-state index contributed by atoms with van der Waals surface area (Å²) in [6, 6.07) is 21.4. The minimum Gasteiger partial charge on any atom is -0.497 e. The van der Waals surface area contributed by atoms with Gasteiger partial charge in [0.15, 0.2) is 0 Å². The molecule has 1 saturated heterocycles. The van der Waals surface area contributed by atoms with Crippen LogP contribution < -0.4 is 14.4 Å². The molecule has 0 aromatic heterocycles. The van der Waals surface area contributed by atoms with Crippen molar-refractivity contribution in [2.45, 2.75) is 23.6 Å². The third kappa shape index (κ3) is 4.61. The molecule has 0 saturated carbocycles. The topological polar surface area (TPSA) is 75.7 Å². The Morgan fingerprint density at radius 1 is 1.00 bits per heavy atom. The number of thioether (sulfide) groups is 1. The number of benzene rings is 3. The molecule has 0 bridgehead atoms. The van der Waals surface area contributed by atoms with Gasteiger partial charge in [-0.05, 0) is 66.1 Å². The fourth-order valence-electron chi connectivity index (χ4n) is 3.53. The number of sulfonamides is 1. The lowest BCUT2D eigenvalue weighted by Crippen LogP contribution is -2.27. The average molecular weight is 469 g/mol. The SMILES string of the molecule is CCc1ccc(N2C(=O)CS[C@@H]2c2ccc(NS(=O)(=O)c3ccc(OC)cc3)cc2)cc1. The van der Waals surface area contributed by atoms with Gasteiger partial charge >= 0.3 is 0 Å². The highest BCUT2D eigenvalue weighted by Gasteiger charge is 2.34. The number of nitrogens with one attached hydrogen (secondary N) is 1. The molecule has 32 heavy (non-hydrogen) atoms. The fraction of sp³-hybridized carbons (Fsp3) is 0.208. The predicted molar refractivity (Wildman–Crippen MR) is 129 cm³/mol. The number of rotatable bonds is 7. The number of methoxy groups -OCH3 is 1. The normalized spacial score (nSPS) is 16.2. The van der Waals surface area contributed by atoms with E-state index in [0.717, 1.165) is 17.7 Å². The van der Waals surface area contributed by atoms with Crippen LogP contribution in [0.3, 0.4) is 0 Å². The molecular weight excluding hydrogens is 444 g/mol. The van der Waals surface area contributed by atoms with Crippen molar-refractivity contribution in [1.82, 2.24) is 0 Å². The summed E-state index contributed by atoms with van der Waals surface area (Å²) in [5, 5.41) is -0.151. The van der Waals surface area contributed by atoms with Crippen LogP contribution in [0.25, 0.3) is 0 Å². The lowest BCUT2D eigenvalue weighted by atomic mass is 10.1. The molecule has 1 amide bonds. The maximum absolute atomic E-state index is 12.7. The molecule has 0 spiro atoms. The van der Waals surface area contributed by atoms with Gasteiger partial charge in [-0.2, -0.15) is 0 Å². The summed E-state index contributed by atoms with van der Waals surface area (Å²) >= 11 is 1.56. The lowest BCUT2D eigenvalue weighted by Gasteiger charge is -2.24. The van der Waals surface area contributed by atoms with Gasteiger partial charge in [-0.1, -0.05) is 31.2 Å². The monoisotopic (exact) mass is 468 g/mol. The standard InChI is InChI=1S/C24H24N2O4S2/c1-3-17-4-10-20(11-5-17)26-23(27)16-31-24(26)18-6-8-19(9-7-18)25-32(28,29)22-14-12-21(30-2)13-15-22/h4-15,24-25H,3,16H2,1-2H3/t24-/m1/s1. The molecule has 4 rings (SSSR count). The summed E-state index contributed by atoms with van der Waals surface area (Å²) in [5.74, 6) is 1.06. The van der Waals surface area contributed by atoms with Crippen molar-refractivity contribution in [3.05, 3.63) is 83.9 Å². The largest absolute Gasteiger partial charge is 0.497 e. The van der Waals surface area contributed by atoms with Crippen LogP contribution in [0.1, 0.15) is 23.4 Å². The molecule has 0 aliphatic carbocycles. The fourth-order valence-corrected chi connectivity index (χ4v) is 5.76. The van der Waals surface area contributed by atoms with Gasteiger partial charge in [-0.3, -0.25) is 14.4 Å². The molecule has 0 radical (unpaired) electrons. The Labute approximate surface area is 192 Å². The van der Waals surface area contributed by atoms with Crippen LogP contribution in [0.4, 0.5) is 11.4 Å². The number of nitrogens with zero attached hydrogens (tertiary/aromatic N) is 1. The van der Waals surface area contributed by atoms with Crippen LogP contribution in [0.2, 0.25) is 0 Å². The molecule has 1 atom stereocenters. The van der Waals surface area contributed by atoms with Gasteiger partial charge < -0.3 is 4.74 Å². The lowest BCUT2D eigenvalue weighted by molar-refractivity contribution is -0.115. The number of carbonyl (C=O) groups is 1. The number of amides is 1. The number of ether oxygens (including phenoxy) is 1. The number of carbonyl (C=O) groups excluding carboxylic acids is 1. The number of aryl methyl sites for hydroxylation is 1. The van der Waals surface area contributed by atoms with E-state index in [4.69, 9.17) is 4.74 Å². The Morgan fingerprint density at radius 3 is 2.25 bits per heavy atom. The first kappa shape index (κ1) is 22.2. The summed E-state index contributed by atoms with van der Waals surface area (Å²) in [6.07, 6.45) is 0.945. The van der Waals surface area contributed by atoms with Crippen molar-refractivity contribution in [3.8, 4) is 5.75 Å². The zero-order valence-electron chi connectivity index (χ0n) is 17.8. The first-order chi connectivity index (χ1) is 15.4. The van der Waals surface area contributed by atoms with Crippen LogP contribution in [0.5, 0.6) is 5.75 Å². The third-order valence-corrected chi connectivity index (χ3v) is 7.92. The van der Waals surface area contributed by atoms with Gasteiger partial charge in [0, 0.05) is 11.4 Å². The molecule has 1 heterocycles. The molecule has 1 aliphatic heterocycles. The highest BCUT2D eigenvalue weighted by atomic mass is 32.2. The second-order valence-corrected chi connectivity index (χ2v) is 10.1. The van der Waals surface area contributed by atoms with Gasteiger partial charge in [0.05, 0.1) is 17.8 Å². The zero-order chi connectivity index (χ0) is 22.7. The molecular formula is C24H24N2O4S2. The summed E-state index contributed by atoms with van der Waals surface area (Å²) in [5.41, 5.74) is 3.48. The van der Waals surface area contributed by atoms with E-state index in [0.29, 0.717) is 17.2 Å². The molecule has 3 aromatic rings.